The second-order valence-electron chi connectivity index (χ2n) is 7.06. The third-order valence-electron chi connectivity index (χ3n) is 5.65. The van der Waals surface area contributed by atoms with E-state index in [1.807, 2.05) is 0 Å². The number of allylic oxidation sites excluding steroid dienone is 2. The normalized spacial score (nSPS) is 50.9. The van der Waals surface area contributed by atoms with Gasteiger partial charge in [-0.05, 0) is 42.4 Å². The fraction of sp³-hybridized carbons (Fsp3) is 0.800. The highest BCUT2D eigenvalue weighted by Crippen LogP contribution is 2.67. The molecule has 2 nitrogen and oxygen atoms in total. The molecule has 0 radical (unpaired) electrons. The number of hydrogen-bond donors (Lipinski definition) is 1. The van der Waals surface area contributed by atoms with E-state index in [1.54, 1.807) is 0 Å². The molecule has 1 N–H and O–H groups in total. The molecule has 0 saturated heterocycles. The Labute approximate surface area is 103 Å². The van der Waals surface area contributed by atoms with Crippen molar-refractivity contribution in [2.24, 2.45) is 28.6 Å². The van der Waals surface area contributed by atoms with E-state index in [0.717, 1.165) is 25.5 Å². The van der Waals surface area contributed by atoms with E-state index in [0.29, 0.717) is 17.8 Å². The number of aliphatic hydroxyl groups excluding tert-OH is 1. The molecule has 5 atom stereocenters. The lowest BCUT2D eigenvalue weighted by Crippen LogP contribution is -2.35. The Bertz CT molecular complexity index is 396. The summed E-state index contributed by atoms with van der Waals surface area (Å²) in [6.45, 7) is 6.71. The maximum Gasteiger partial charge on any atom is 0.129 e. The van der Waals surface area contributed by atoms with Crippen LogP contribution in [0.3, 0.4) is 0 Å². The standard InChI is InChI=1S/C15H22O2/c1-9-4-5-11-13-10(9)6-12(17)15(13,8-16)7-14(11,2)3/h5,8-10,12-13,17H,4,6-7H2,1-3H3/t9-,10+,12?,13+,15+/m1/s1. The number of carbonyl (C=O) groups excluding carboxylic acids is 1. The molecule has 3 aliphatic carbocycles. The molecule has 0 heterocycles. The van der Waals surface area contributed by atoms with Gasteiger partial charge in [-0.3, -0.25) is 0 Å². The van der Waals surface area contributed by atoms with Crippen molar-refractivity contribution in [3.63, 3.8) is 0 Å². The van der Waals surface area contributed by atoms with Gasteiger partial charge >= 0.3 is 0 Å². The van der Waals surface area contributed by atoms with E-state index in [-0.39, 0.29) is 5.41 Å². The van der Waals surface area contributed by atoms with E-state index in [1.165, 1.54) is 5.57 Å². The molecule has 2 heteroatoms. The Kier molecular flexibility index (Phi) is 2.17. The summed E-state index contributed by atoms with van der Waals surface area (Å²) in [6.07, 6.45) is 5.75. The topological polar surface area (TPSA) is 37.3 Å². The van der Waals surface area contributed by atoms with Crippen LogP contribution >= 0.6 is 0 Å². The second kappa shape index (κ2) is 3.23. The van der Waals surface area contributed by atoms with Crippen molar-refractivity contribution in [2.75, 3.05) is 0 Å². The lowest BCUT2D eigenvalue weighted by atomic mass is 9.69. The van der Waals surface area contributed by atoms with Gasteiger partial charge in [0.2, 0.25) is 0 Å². The minimum atomic E-state index is -0.478. The maximum atomic E-state index is 11.7. The molecule has 2 saturated carbocycles. The van der Waals surface area contributed by atoms with E-state index in [4.69, 9.17) is 0 Å². The van der Waals surface area contributed by atoms with Crippen molar-refractivity contribution in [1.29, 1.82) is 0 Å². The zero-order chi connectivity index (χ0) is 12.4. The molecule has 2 fully saturated rings. The summed E-state index contributed by atoms with van der Waals surface area (Å²) in [6, 6.07) is 0. The van der Waals surface area contributed by atoms with E-state index in [9.17, 15) is 9.90 Å². The molecule has 3 rings (SSSR count). The maximum absolute atomic E-state index is 11.7. The highest BCUT2D eigenvalue weighted by Gasteiger charge is 2.65. The lowest BCUT2D eigenvalue weighted by molar-refractivity contribution is -0.122. The van der Waals surface area contributed by atoms with Crippen molar-refractivity contribution in [1.82, 2.24) is 0 Å². The predicted molar refractivity (Wildman–Crippen MR) is 66.4 cm³/mol. The van der Waals surface area contributed by atoms with Gasteiger partial charge in [0.25, 0.3) is 0 Å². The fourth-order valence-corrected chi connectivity index (χ4v) is 4.90. The minimum Gasteiger partial charge on any atom is -0.392 e. The van der Waals surface area contributed by atoms with Crippen LogP contribution in [0.15, 0.2) is 11.6 Å². The van der Waals surface area contributed by atoms with Crippen LogP contribution in [0.1, 0.15) is 40.0 Å². The molecular formula is C15H22O2. The van der Waals surface area contributed by atoms with Gasteiger partial charge in [-0.25, -0.2) is 0 Å². The van der Waals surface area contributed by atoms with E-state index < -0.39 is 11.5 Å². The number of rotatable bonds is 1. The largest absolute Gasteiger partial charge is 0.392 e. The van der Waals surface area contributed by atoms with Crippen LogP contribution < -0.4 is 0 Å². The van der Waals surface area contributed by atoms with Crippen molar-refractivity contribution in [3.05, 3.63) is 11.6 Å². The summed E-state index contributed by atoms with van der Waals surface area (Å²) in [4.78, 5) is 11.7. The van der Waals surface area contributed by atoms with Gasteiger partial charge in [0.1, 0.15) is 6.29 Å². The van der Waals surface area contributed by atoms with Crippen LogP contribution in [-0.2, 0) is 4.79 Å². The number of aldehydes is 1. The molecule has 0 spiro atoms. The zero-order valence-electron chi connectivity index (χ0n) is 10.9. The molecule has 3 aliphatic rings. The van der Waals surface area contributed by atoms with Gasteiger partial charge in [-0.15, -0.1) is 0 Å². The quantitative estimate of drug-likeness (QED) is 0.559. The Hall–Kier alpha value is -0.630. The van der Waals surface area contributed by atoms with E-state index >= 15 is 0 Å². The third kappa shape index (κ3) is 1.22. The molecule has 1 unspecified atom stereocenters. The first-order valence-electron chi connectivity index (χ1n) is 6.77. The fourth-order valence-electron chi connectivity index (χ4n) is 4.90. The second-order valence-corrected chi connectivity index (χ2v) is 7.06. The van der Waals surface area contributed by atoms with Crippen LogP contribution in [-0.4, -0.2) is 17.5 Å². The highest BCUT2D eigenvalue weighted by molar-refractivity contribution is 5.66. The van der Waals surface area contributed by atoms with Crippen molar-refractivity contribution in [2.45, 2.75) is 46.1 Å². The molecule has 0 aromatic carbocycles. The summed E-state index contributed by atoms with van der Waals surface area (Å²) < 4.78 is 0. The Morgan fingerprint density at radius 1 is 1.47 bits per heavy atom. The summed E-state index contributed by atoms with van der Waals surface area (Å²) in [5.74, 6) is 1.43. The minimum absolute atomic E-state index is 0.0887. The number of aliphatic hydroxyl groups is 1. The van der Waals surface area contributed by atoms with Gasteiger partial charge in [-0.1, -0.05) is 32.4 Å². The van der Waals surface area contributed by atoms with Crippen LogP contribution in [0.4, 0.5) is 0 Å². The lowest BCUT2D eigenvalue weighted by Gasteiger charge is -2.35. The number of hydrogen-bond acceptors (Lipinski definition) is 2. The molecular weight excluding hydrogens is 212 g/mol. The molecule has 0 aliphatic heterocycles. The Morgan fingerprint density at radius 3 is 2.82 bits per heavy atom. The smallest absolute Gasteiger partial charge is 0.129 e. The molecule has 94 valence electrons. The monoisotopic (exact) mass is 234 g/mol. The average Bonchev–Trinajstić information content (AvgIpc) is 2.67. The molecule has 0 bridgehead atoms. The molecule has 17 heavy (non-hydrogen) atoms. The first-order valence-corrected chi connectivity index (χ1v) is 6.77. The van der Waals surface area contributed by atoms with Crippen LogP contribution in [0.2, 0.25) is 0 Å². The van der Waals surface area contributed by atoms with Crippen molar-refractivity contribution < 1.29 is 9.90 Å². The average molecular weight is 234 g/mol. The van der Waals surface area contributed by atoms with Gasteiger partial charge < -0.3 is 9.90 Å². The predicted octanol–water partition coefficient (Wildman–Crippen LogP) is 2.56. The van der Waals surface area contributed by atoms with E-state index in [2.05, 4.69) is 26.8 Å². The zero-order valence-corrected chi connectivity index (χ0v) is 10.9. The van der Waals surface area contributed by atoms with Crippen molar-refractivity contribution >= 4 is 6.29 Å². The Balaban J connectivity index is 2.16. The SMILES string of the molecule is C[C@@H]1CC=C2[C@@H]3[C@H]1CC(O)[C@@]3(C=O)CC2(C)C. The third-order valence-corrected chi connectivity index (χ3v) is 5.65. The molecule has 0 amide bonds. The van der Waals surface area contributed by atoms with Crippen molar-refractivity contribution in [3.8, 4) is 0 Å². The summed E-state index contributed by atoms with van der Waals surface area (Å²) in [5, 5.41) is 10.4. The highest BCUT2D eigenvalue weighted by atomic mass is 16.3. The summed E-state index contributed by atoms with van der Waals surface area (Å²) in [5.41, 5.74) is 1.06. The van der Waals surface area contributed by atoms with Gasteiger partial charge in [0, 0.05) is 0 Å². The first-order chi connectivity index (χ1) is 7.92. The van der Waals surface area contributed by atoms with Gasteiger partial charge in [-0.2, -0.15) is 0 Å². The Morgan fingerprint density at radius 2 is 2.18 bits per heavy atom. The van der Waals surface area contributed by atoms with Crippen LogP contribution in [0.5, 0.6) is 0 Å². The van der Waals surface area contributed by atoms with Crippen LogP contribution in [0.25, 0.3) is 0 Å². The summed E-state index contributed by atoms with van der Waals surface area (Å²) >= 11 is 0. The van der Waals surface area contributed by atoms with Crippen LogP contribution in [0, 0.1) is 28.6 Å². The number of carbonyl (C=O) groups is 1. The first kappa shape index (κ1) is 11.5. The molecule has 0 aromatic rings. The van der Waals surface area contributed by atoms with Gasteiger partial charge in [0.15, 0.2) is 0 Å². The van der Waals surface area contributed by atoms with Gasteiger partial charge in [0.05, 0.1) is 11.5 Å². The summed E-state index contributed by atoms with van der Waals surface area (Å²) in [7, 11) is 0. The molecule has 0 aromatic heterocycles.